The summed E-state index contributed by atoms with van der Waals surface area (Å²) in [6.07, 6.45) is 4.10. The molecule has 16 heavy (non-hydrogen) atoms. The van der Waals surface area contributed by atoms with E-state index >= 15 is 0 Å². The van der Waals surface area contributed by atoms with Gasteiger partial charge in [-0.25, -0.2) is 0 Å². The third-order valence-electron chi connectivity index (χ3n) is 3.34. The largest absolute Gasteiger partial charge is 0.377 e. The lowest BCUT2D eigenvalue weighted by molar-refractivity contribution is -0.00875. The van der Waals surface area contributed by atoms with Crippen LogP contribution in [0.2, 0.25) is 0 Å². The number of nitrogens with two attached hydrogens (primary N) is 1. The number of hydrogen-bond acceptors (Lipinski definition) is 3. The summed E-state index contributed by atoms with van der Waals surface area (Å²) in [5.74, 6) is 0.723. The first-order valence-electron chi connectivity index (χ1n) is 6.73. The molecular weight excluding hydrogens is 200 g/mol. The maximum Gasteiger partial charge on any atom is 0.0702 e. The first-order chi connectivity index (χ1) is 7.67. The van der Waals surface area contributed by atoms with Crippen molar-refractivity contribution in [3.05, 3.63) is 0 Å². The Labute approximate surface area is 100 Å². The van der Waals surface area contributed by atoms with Crippen LogP contribution in [-0.2, 0) is 4.74 Å². The second-order valence-corrected chi connectivity index (χ2v) is 5.23. The molecule has 0 bridgehead atoms. The molecule has 0 amide bonds. The van der Waals surface area contributed by atoms with Gasteiger partial charge in [-0.1, -0.05) is 13.8 Å². The highest BCUT2D eigenvalue weighted by atomic mass is 16.5. The Morgan fingerprint density at radius 1 is 1.44 bits per heavy atom. The van der Waals surface area contributed by atoms with Crippen LogP contribution in [0.25, 0.3) is 0 Å². The standard InChI is InChI=1S/C13H28N2O/c1-4-16-13-6-5-7-15(10-13)12(9-14)8-11(2)3/h11-13H,4-10,14H2,1-3H3. The van der Waals surface area contributed by atoms with Gasteiger partial charge in [0.25, 0.3) is 0 Å². The van der Waals surface area contributed by atoms with Crippen molar-refractivity contribution in [3.63, 3.8) is 0 Å². The highest BCUT2D eigenvalue weighted by molar-refractivity contribution is 4.81. The second-order valence-electron chi connectivity index (χ2n) is 5.23. The summed E-state index contributed by atoms with van der Waals surface area (Å²) in [5, 5.41) is 0. The minimum Gasteiger partial charge on any atom is -0.377 e. The summed E-state index contributed by atoms with van der Waals surface area (Å²) >= 11 is 0. The predicted molar refractivity (Wildman–Crippen MR) is 68.5 cm³/mol. The first kappa shape index (κ1) is 13.9. The molecule has 0 radical (unpaired) electrons. The van der Waals surface area contributed by atoms with Gasteiger partial charge >= 0.3 is 0 Å². The van der Waals surface area contributed by atoms with E-state index in [4.69, 9.17) is 10.5 Å². The van der Waals surface area contributed by atoms with Crippen LogP contribution in [0.3, 0.4) is 0 Å². The van der Waals surface area contributed by atoms with Gasteiger partial charge in [-0.3, -0.25) is 4.90 Å². The molecule has 1 heterocycles. The van der Waals surface area contributed by atoms with Crippen LogP contribution >= 0.6 is 0 Å². The van der Waals surface area contributed by atoms with E-state index < -0.39 is 0 Å². The van der Waals surface area contributed by atoms with Crippen molar-refractivity contribution in [2.24, 2.45) is 11.7 Å². The smallest absolute Gasteiger partial charge is 0.0702 e. The van der Waals surface area contributed by atoms with Crippen molar-refractivity contribution in [3.8, 4) is 0 Å². The van der Waals surface area contributed by atoms with Crippen LogP contribution in [0.5, 0.6) is 0 Å². The molecule has 1 fully saturated rings. The van der Waals surface area contributed by atoms with Gasteiger partial charge in [0.05, 0.1) is 6.10 Å². The average Bonchev–Trinajstić information content (AvgIpc) is 2.26. The minimum atomic E-state index is 0.431. The minimum absolute atomic E-state index is 0.431. The third-order valence-corrected chi connectivity index (χ3v) is 3.34. The highest BCUT2D eigenvalue weighted by Crippen LogP contribution is 2.19. The lowest BCUT2D eigenvalue weighted by atomic mass is 9.99. The Kier molecular flexibility index (Phi) is 6.32. The van der Waals surface area contributed by atoms with E-state index in [9.17, 15) is 0 Å². The molecule has 0 aromatic rings. The van der Waals surface area contributed by atoms with Gasteiger partial charge in [0.2, 0.25) is 0 Å². The normalized spacial score (nSPS) is 24.9. The summed E-state index contributed by atoms with van der Waals surface area (Å²) in [6.45, 7) is 10.5. The molecule has 2 unspecified atom stereocenters. The lowest BCUT2D eigenvalue weighted by Crippen LogP contribution is -2.48. The first-order valence-corrected chi connectivity index (χ1v) is 6.73. The molecule has 0 aromatic heterocycles. The number of likely N-dealkylation sites (tertiary alicyclic amines) is 1. The summed E-state index contributed by atoms with van der Waals surface area (Å²) in [5.41, 5.74) is 5.89. The predicted octanol–water partition coefficient (Wildman–Crippen LogP) is 1.86. The van der Waals surface area contributed by atoms with Crippen LogP contribution in [-0.4, -0.2) is 43.3 Å². The van der Waals surface area contributed by atoms with Gasteiger partial charge in [-0.15, -0.1) is 0 Å². The molecule has 0 aromatic carbocycles. The molecule has 1 aliphatic rings. The molecule has 3 heteroatoms. The SMILES string of the molecule is CCOC1CCCN(C(CN)CC(C)C)C1. The van der Waals surface area contributed by atoms with Crippen LogP contribution in [0, 0.1) is 5.92 Å². The van der Waals surface area contributed by atoms with Crippen LogP contribution in [0.1, 0.15) is 40.0 Å². The van der Waals surface area contributed by atoms with Crippen molar-refractivity contribution in [1.29, 1.82) is 0 Å². The fourth-order valence-corrected chi connectivity index (χ4v) is 2.61. The van der Waals surface area contributed by atoms with Crippen LogP contribution in [0.4, 0.5) is 0 Å². The summed E-state index contributed by atoms with van der Waals surface area (Å²) < 4.78 is 5.73. The molecule has 0 spiro atoms. The molecule has 0 saturated carbocycles. The van der Waals surface area contributed by atoms with E-state index in [1.807, 2.05) is 0 Å². The van der Waals surface area contributed by atoms with Crippen LogP contribution in [0.15, 0.2) is 0 Å². The van der Waals surface area contributed by atoms with Gasteiger partial charge in [-0.05, 0) is 38.6 Å². The average molecular weight is 228 g/mol. The van der Waals surface area contributed by atoms with Gasteiger partial charge in [0, 0.05) is 25.7 Å². The van der Waals surface area contributed by atoms with Gasteiger partial charge in [0.1, 0.15) is 0 Å². The highest BCUT2D eigenvalue weighted by Gasteiger charge is 2.25. The van der Waals surface area contributed by atoms with Crippen molar-refractivity contribution in [1.82, 2.24) is 4.90 Å². The number of nitrogens with zero attached hydrogens (tertiary/aromatic N) is 1. The lowest BCUT2D eigenvalue weighted by Gasteiger charge is -2.38. The molecule has 2 atom stereocenters. The molecule has 96 valence electrons. The Morgan fingerprint density at radius 3 is 2.75 bits per heavy atom. The zero-order valence-electron chi connectivity index (χ0n) is 11.1. The van der Waals surface area contributed by atoms with Gasteiger partial charge in [-0.2, -0.15) is 0 Å². The number of rotatable bonds is 6. The molecule has 2 N–H and O–H groups in total. The third kappa shape index (κ3) is 4.40. The van der Waals surface area contributed by atoms with Crippen molar-refractivity contribution < 1.29 is 4.74 Å². The molecular formula is C13H28N2O. The Bertz CT molecular complexity index is 183. The van der Waals surface area contributed by atoms with E-state index in [0.717, 1.165) is 25.6 Å². The molecule has 1 saturated heterocycles. The topological polar surface area (TPSA) is 38.5 Å². The van der Waals surface area contributed by atoms with Gasteiger partial charge in [0.15, 0.2) is 0 Å². The van der Waals surface area contributed by atoms with E-state index in [-0.39, 0.29) is 0 Å². The summed E-state index contributed by atoms with van der Waals surface area (Å²) in [7, 11) is 0. The van der Waals surface area contributed by atoms with Crippen molar-refractivity contribution >= 4 is 0 Å². The van der Waals surface area contributed by atoms with E-state index in [2.05, 4.69) is 25.7 Å². The molecule has 3 nitrogen and oxygen atoms in total. The monoisotopic (exact) mass is 228 g/mol. The maximum absolute atomic E-state index is 5.89. The maximum atomic E-state index is 5.89. The Hall–Kier alpha value is -0.120. The number of piperidine rings is 1. The molecule has 0 aliphatic carbocycles. The quantitative estimate of drug-likeness (QED) is 0.754. The van der Waals surface area contributed by atoms with E-state index in [1.54, 1.807) is 0 Å². The Morgan fingerprint density at radius 2 is 2.19 bits per heavy atom. The fraction of sp³-hybridized carbons (Fsp3) is 1.00. The summed E-state index contributed by atoms with van der Waals surface area (Å²) in [4.78, 5) is 2.53. The Balaban J connectivity index is 2.43. The van der Waals surface area contributed by atoms with Crippen molar-refractivity contribution in [2.75, 3.05) is 26.2 Å². The number of ether oxygens (including phenoxy) is 1. The number of hydrogen-bond donors (Lipinski definition) is 1. The van der Waals surface area contributed by atoms with E-state index in [0.29, 0.717) is 12.1 Å². The fourth-order valence-electron chi connectivity index (χ4n) is 2.61. The zero-order chi connectivity index (χ0) is 12.0. The molecule has 1 rings (SSSR count). The second kappa shape index (κ2) is 7.25. The summed E-state index contributed by atoms with van der Waals surface area (Å²) in [6, 6.07) is 0.545. The van der Waals surface area contributed by atoms with Gasteiger partial charge < -0.3 is 10.5 Å². The van der Waals surface area contributed by atoms with Crippen LogP contribution < -0.4 is 5.73 Å². The van der Waals surface area contributed by atoms with Crippen molar-refractivity contribution in [2.45, 2.75) is 52.2 Å². The van der Waals surface area contributed by atoms with E-state index in [1.165, 1.54) is 25.8 Å². The molecule has 1 aliphatic heterocycles. The zero-order valence-corrected chi connectivity index (χ0v) is 11.1.